The molecule has 1 aromatic carbocycles. The summed E-state index contributed by atoms with van der Waals surface area (Å²) in [4.78, 5) is 0. The van der Waals surface area contributed by atoms with Crippen molar-refractivity contribution in [3.63, 3.8) is 0 Å². The minimum absolute atomic E-state index is 0.0750. The van der Waals surface area contributed by atoms with E-state index in [9.17, 15) is 43.9 Å². The fourth-order valence-electron chi connectivity index (χ4n) is 1.48. The van der Waals surface area contributed by atoms with Crippen LogP contribution in [0.25, 0.3) is 0 Å². The van der Waals surface area contributed by atoms with Crippen LogP contribution >= 0.6 is 0 Å². The van der Waals surface area contributed by atoms with E-state index >= 15 is 0 Å². The third kappa shape index (κ3) is 3.12. The molecule has 0 fully saturated rings. The summed E-state index contributed by atoms with van der Waals surface area (Å²) in [5.74, 6) is -11.6. The first-order valence-corrected chi connectivity index (χ1v) is 7.17. The zero-order valence-electron chi connectivity index (χ0n) is 9.59. The van der Waals surface area contributed by atoms with Gasteiger partial charge in [-0.3, -0.25) is 0 Å². The molecule has 0 aliphatic carbocycles. The molecule has 1 aromatic rings. The van der Waals surface area contributed by atoms with Crippen molar-refractivity contribution in [2.45, 2.75) is 24.2 Å². The number of hydrogen-bond donors (Lipinski definition) is 0. The van der Waals surface area contributed by atoms with E-state index in [-0.39, 0.29) is 6.07 Å². The van der Waals surface area contributed by atoms with Crippen LogP contribution in [0.3, 0.4) is 0 Å². The number of rotatable bonds is 2. The first-order chi connectivity index (χ1) is 9.14. The second-order valence-electron chi connectivity index (χ2n) is 3.91. The molecule has 0 spiro atoms. The summed E-state index contributed by atoms with van der Waals surface area (Å²) >= 11 is -0.804. The Morgan fingerprint density at radius 3 is 1.48 bits per heavy atom. The Morgan fingerprint density at radius 1 is 0.667 bits per heavy atom. The number of hydrogen-bond acceptors (Lipinski definition) is 0. The molecule has 0 nitrogen and oxygen atoms in total. The van der Waals surface area contributed by atoms with E-state index in [1.807, 2.05) is 0 Å². The molecule has 11 heteroatoms. The molecule has 0 saturated heterocycles. The van der Waals surface area contributed by atoms with Gasteiger partial charge in [-0.25, -0.2) is 0 Å². The maximum atomic E-state index is 13.3. The molecule has 1 rings (SSSR count). The topological polar surface area (TPSA) is 0 Å². The van der Waals surface area contributed by atoms with Gasteiger partial charge in [0.1, 0.15) is 0 Å². The molecule has 0 aromatic heterocycles. The van der Waals surface area contributed by atoms with Crippen molar-refractivity contribution in [2.24, 2.45) is 0 Å². The predicted molar refractivity (Wildman–Crippen MR) is 54.5 cm³/mol. The average Bonchev–Trinajstić information content (AvgIpc) is 2.24. The van der Waals surface area contributed by atoms with Crippen LogP contribution in [0.2, 0.25) is 0 Å². The van der Waals surface area contributed by atoms with Gasteiger partial charge in [0.2, 0.25) is 0 Å². The Bertz CT molecular complexity index is 528. The van der Waals surface area contributed by atoms with Crippen LogP contribution in [0.4, 0.5) is 43.9 Å². The van der Waals surface area contributed by atoms with E-state index in [1.165, 1.54) is 0 Å². The normalized spacial score (nSPS) is 14.4. The van der Waals surface area contributed by atoms with Crippen molar-refractivity contribution >= 4 is 28.0 Å². The summed E-state index contributed by atoms with van der Waals surface area (Å²) in [6.07, 6.45) is -12.6. The van der Waals surface area contributed by atoms with Gasteiger partial charge < -0.3 is 0 Å². The molecule has 0 N–H and O–H groups in total. The number of benzene rings is 1. The molecule has 0 atom stereocenters. The Kier molecular flexibility index (Phi) is 4.61. The first-order valence-electron chi connectivity index (χ1n) is 4.92. The number of halogens is 10. The second kappa shape index (κ2) is 5.24. The maximum absolute atomic E-state index is 13.3. The summed E-state index contributed by atoms with van der Waals surface area (Å²) in [5, 5.41) is 0. The van der Waals surface area contributed by atoms with Gasteiger partial charge >= 0.3 is 125 Å². The van der Waals surface area contributed by atoms with E-state index in [0.717, 1.165) is 0 Å². The molecule has 0 unspecified atom stereocenters. The summed E-state index contributed by atoms with van der Waals surface area (Å²) in [5.41, 5.74) is -4.69. The van der Waals surface area contributed by atoms with Gasteiger partial charge in [-0.15, -0.1) is 0 Å². The van der Waals surface area contributed by atoms with Gasteiger partial charge in [0.15, 0.2) is 0 Å². The molecule has 0 radical (unpaired) electrons. The monoisotopic (exact) mass is 524 g/mol. The van der Waals surface area contributed by atoms with Crippen molar-refractivity contribution in [1.82, 2.24) is 0 Å². The molecule has 0 aliphatic rings. The molecule has 120 valence electrons. The third-order valence-corrected chi connectivity index (χ3v) is 4.33. The van der Waals surface area contributed by atoms with E-state index in [1.54, 1.807) is 0 Å². The Balaban J connectivity index is 3.71. The van der Waals surface area contributed by atoms with Gasteiger partial charge in [0.25, 0.3) is 0 Å². The molecular weight excluding hydrogens is 519 g/mol. The quantitative estimate of drug-likeness (QED) is 0.412. The summed E-state index contributed by atoms with van der Waals surface area (Å²) in [7, 11) is 0. The van der Waals surface area contributed by atoms with Crippen LogP contribution in [0.5, 0.6) is 0 Å². The molecular formula is C10H5BiF10. The van der Waals surface area contributed by atoms with Crippen LogP contribution in [0.1, 0.15) is 11.1 Å². The predicted octanol–water partition coefficient (Wildman–Crippen LogP) is 3.25. The summed E-state index contributed by atoms with van der Waals surface area (Å²) in [6.45, 7) is 0. The molecule has 0 saturated carbocycles. The first kappa shape index (κ1) is 18.5. The zero-order chi connectivity index (χ0) is 16.9. The van der Waals surface area contributed by atoms with Crippen LogP contribution < -0.4 is 3.27 Å². The fraction of sp³-hybridized carbons (Fsp3) is 0.400. The average molecular weight is 524 g/mol. The van der Waals surface area contributed by atoms with Gasteiger partial charge in [-0.2, -0.15) is 0 Å². The summed E-state index contributed by atoms with van der Waals surface area (Å²) < 4.78 is 126. The van der Waals surface area contributed by atoms with Crippen LogP contribution in [0.15, 0.2) is 18.2 Å². The number of alkyl halides is 10. The van der Waals surface area contributed by atoms with Crippen LogP contribution in [-0.2, 0) is 11.8 Å². The molecule has 0 heterocycles. The Morgan fingerprint density at radius 2 is 1.10 bits per heavy atom. The summed E-state index contributed by atoms with van der Waals surface area (Å²) in [6, 6.07) is 1.17. The fourth-order valence-corrected chi connectivity index (χ4v) is 3.22. The van der Waals surface area contributed by atoms with E-state index < -0.39 is 63.3 Å². The van der Waals surface area contributed by atoms with Gasteiger partial charge in [-0.05, 0) is 0 Å². The van der Waals surface area contributed by atoms with Crippen molar-refractivity contribution in [3.8, 4) is 0 Å². The Hall–Kier alpha value is -0.597. The Labute approximate surface area is 126 Å². The zero-order valence-corrected chi connectivity index (χ0v) is 14.1. The van der Waals surface area contributed by atoms with Gasteiger partial charge in [0, 0.05) is 0 Å². The third-order valence-electron chi connectivity index (χ3n) is 2.46. The van der Waals surface area contributed by atoms with Crippen molar-refractivity contribution < 1.29 is 43.9 Å². The molecule has 0 aliphatic heterocycles. The van der Waals surface area contributed by atoms with E-state index in [2.05, 4.69) is 0 Å². The SMILES string of the molecule is FC(F)(F)C(F)(F)c1ccc[c]([BiH2])c1C(F)(F)C(F)(F)F. The van der Waals surface area contributed by atoms with Crippen LogP contribution in [0, 0.1) is 0 Å². The minimum atomic E-state index is -6.29. The van der Waals surface area contributed by atoms with E-state index in [0.29, 0.717) is 12.1 Å². The van der Waals surface area contributed by atoms with Crippen molar-refractivity contribution in [1.29, 1.82) is 0 Å². The molecule has 0 bridgehead atoms. The van der Waals surface area contributed by atoms with Gasteiger partial charge in [0.05, 0.1) is 0 Å². The molecule has 21 heavy (non-hydrogen) atoms. The van der Waals surface area contributed by atoms with Crippen LogP contribution in [-0.4, -0.2) is 37.1 Å². The molecule has 0 amide bonds. The van der Waals surface area contributed by atoms with Crippen molar-refractivity contribution in [3.05, 3.63) is 29.3 Å². The van der Waals surface area contributed by atoms with Gasteiger partial charge in [-0.1, -0.05) is 0 Å². The van der Waals surface area contributed by atoms with E-state index in [4.69, 9.17) is 0 Å². The second-order valence-corrected chi connectivity index (χ2v) is 6.33. The standard InChI is InChI=1S/C10H3F10.Bi.2H/c11-7(12,9(15,16)17)5-3-1-2-4-6(5)8(13,14)10(18,19)20;;;/h1-3H;;;. The van der Waals surface area contributed by atoms with Crippen molar-refractivity contribution in [2.75, 3.05) is 0 Å².